The van der Waals surface area contributed by atoms with Crippen LogP contribution >= 0.6 is 15.9 Å². The summed E-state index contributed by atoms with van der Waals surface area (Å²) in [6.45, 7) is 5.21. The second-order valence-electron chi connectivity index (χ2n) is 5.87. The van der Waals surface area contributed by atoms with Crippen LogP contribution in [-0.4, -0.2) is 37.4 Å². The highest BCUT2D eigenvalue weighted by Gasteiger charge is 2.24. The van der Waals surface area contributed by atoms with E-state index in [1.54, 1.807) is 39.0 Å². The predicted molar refractivity (Wildman–Crippen MR) is 92.2 cm³/mol. The number of ether oxygens (including phenoxy) is 2. The smallest absolute Gasteiger partial charge is 0.408 e. The number of amides is 2. The average Bonchev–Trinajstić information content (AvgIpc) is 2.40. The third-order valence-electron chi connectivity index (χ3n) is 2.61. The first-order chi connectivity index (χ1) is 10.6. The molecule has 0 unspecified atom stereocenters. The Balaban J connectivity index is 2.78. The van der Waals surface area contributed by atoms with E-state index in [4.69, 9.17) is 15.2 Å². The van der Waals surface area contributed by atoms with Gasteiger partial charge in [0, 0.05) is 11.6 Å². The maximum Gasteiger partial charge on any atom is 0.408 e. The van der Waals surface area contributed by atoms with Gasteiger partial charge in [0.25, 0.3) is 0 Å². The first kappa shape index (κ1) is 19.2. The van der Waals surface area contributed by atoms with Gasteiger partial charge in [-0.05, 0) is 39.0 Å². The number of nitrogen functional groups attached to an aromatic ring is 1. The number of carbonyl (C=O) groups excluding carboxylic acids is 2. The largest absolute Gasteiger partial charge is 0.444 e. The van der Waals surface area contributed by atoms with Crippen molar-refractivity contribution >= 4 is 39.3 Å². The van der Waals surface area contributed by atoms with E-state index in [-0.39, 0.29) is 6.61 Å². The van der Waals surface area contributed by atoms with Gasteiger partial charge < -0.3 is 25.8 Å². The molecule has 0 radical (unpaired) electrons. The topological polar surface area (TPSA) is 103 Å². The number of alkyl carbamates (subject to hydrolysis) is 1. The van der Waals surface area contributed by atoms with Gasteiger partial charge in [-0.15, -0.1) is 0 Å². The lowest BCUT2D eigenvalue weighted by Crippen LogP contribution is -2.48. The molecule has 1 aromatic carbocycles. The van der Waals surface area contributed by atoms with E-state index in [0.29, 0.717) is 11.4 Å². The maximum atomic E-state index is 12.3. The summed E-state index contributed by atoms with van der Waals surface area (Å²) in [7, 11) is 1.44. The van der Waals surface area contributed by atoms with Crippen LogP contribution < -0.4 is 16.4 Å². The molecule has 0 aromatic heterocycles. The molecular formula is C15H22BrN3O4. The van der Waals surface area contributed by atoms with Crippen molar-refractivity contribution in [3.05, 3.63) is 22.7 Å². The van der Waals surface area contributed by atoms with Crippen LogP contribution in [0.5, 0.6) is 0 Å². The Morgan fingerprint density at radius 2 is 2.00 bits per heavy atom. The van der Waals surface area contributed by atoms with Crippen LogP contribution in [0.3, 0.4) is 0 Å². The summed E-state index contributed by atoms with van der Waals surface area (Å²) in [6, 6.07) is 4.18. The zero-order valence-corrected chi connectivity index (χ0v) is 15.2. The number of methoxy groups -OCH3 is 1. The van der Waals surface area contributed by atoms with E-state index in [1.807, 2.05) is 0 Å². The third-order valence-corrected chi connectivity index (χ3v) is 3.11. The Bertz CT molecular complexity index is 572. The van der Waals surface area contributed by atoms with Crippen LogP contribution in [0.2, 0.25) is 0 Å². The van der Waals surface area contributed by atoms with Gasteiger partial charge in [-0.2, -0.15) is 0 Å². The van der Waals surface area contributed by atoms with Crippen molar-refractivity contribution in [3.63, 3.8) is 0 Å². The minimum atomic E-state index is -0.909. The molecule has 4 N–H and O–H groups in total. The number of halogens is 1. The number of carbonyl (C=O) groups is 2. The summed E-state index contributed by atoms with van der Waals surface area (Å²) in [5, 5.41) is 5.14. The minimum Gasteiger partial charge on any atom is -0.444 e. The van der Waals surface area contributed by atoms with Gasteiger partial charge in [0.15, 0.2) is 0 Å². The number of hydrogen-bond donors (Lipinski definition) is 3. The lowest BCUT2D eigenvalue weighted by Gasteiger charge is -2.23. The Morgan fingerprint density at radius 3 is 2.57 bits per heavy atom. The Labute approximate surface area is 144 Å². The lowest BCUT2D eigenvalue weighted by atomic mass is 10.2. The molecular weight excluding hydrogens is 366 g/mol. The summed E-state index contributed by atoms with van der Waals surface area (Å²) in [5.41, 5.74) is 6.01. The highest BCUT2D eigenvalue weighted by molar-refractivity contribution is 9.10. The van der Waals surface area contributed by atoms with Gasteiger partial charge in [0.1, 0.15) is 11.6 Å². The summed E-state index contributed by atoms with van der Waals surface area (Å²) in [5.74, 6) is -0.456. The molecule has 1 aromatic rings. The molecule has 0 aliphatic carbocycles. The number of nitrogens with one attached hydrogen (secondary N) is 2. The molecule has 0 fully saturated rings. The Morgan fingerprint density at radius 1 is 1.35 bits per heavy atom. The Kier molecular flexibility index (Phi) is 6.83. The minimum absolute atomic E-state index is 0.00101. The van der Waals surface area contributed by atoms with Crippen molar-refractivity contribution < 1.29 is 19.1 Å². The standard InChI is InChI=1S/C15H22BrN3O4/c1-15(2,3)23-14(21)19-12(8-22-4)13(20)18-11-7-9(16)5-6-10(11)17/h5-7,12H,8,17H2,1-4H3,(H,18,20)(H,19,21)/t12-/m0/s1. The first-order valence-electron chi connectivity index (χ1n) is 6.96. The maximum absolute atomic E-state index is 12.3. The van der Waals surface area contributed by atoms with Crippen LogP contribution in [-0.2, 0) is 14.3 Å². The van der Waals surface area contributed by atoms with Gasteiger partial charge in [-0.25, -0.2) is 4.79 Å². The molecule has 0 saturated heterocycles. The van der Waals surface area contributed by atoms with Crippen molar-refractivity contribution in [1.82, 2.24) is 5.32 Å². The van der Waals surface area contributed by atoms with Gasteiger partial charge in [0.2, 0.25) is 5.91 Å². The van der Waals surface area contributed by atoms with Gasteiger partial charge in [-0.3, -0.25) is 4.79 Å². The van der Waals surface area contributed by atoms with Crippen molar-refractivity contribution in [2.75, 3.05) is 24.8 Å². The normalized spacial score (nSPS) is 12.4. The first-order valence-corrected chi connectivity index (χ1v) is 7.76. The van der Waals surface area contributed by atoms with E-state index in [1.165, 1.54) is 7.11 Å². The van der Waals surface area contributed by atoms with Crippen LogP contribution in [0, 0.1) is 0 Å². The zero-order chi connectivity index (χ0) is 17.6. The van der Waals surface area contributed by atoms with Gasteiger partial charge in [-0.1, -0.05) is 15.9 Å². The molecule has 8 heteroatoms. The van der Waals surface area contributed by atoms with E-state index < -0.39 is 23.6 Å². The number of nitrogens with two attached hydrogens (primary N) is 1. The van der Waals surface area contributed by atoms with E-state index in [0.717, 1.165) is 4.47 Å². The zero-order valence-electron chi connectivity index (χ0n) is 13.6. The molecule has 1 rings (SSSR count). The average molecular weight is 388 g/mol. The summed E-state index contributed by atoms with van der Waals surface area (Å²) < 4.78 is 10.9. The summed E-state index contributed by atoms with van der Waals surface area (Å²) in [6.07, 6.45) is -0.697. The number of benzene rings is 1. The fraction of sp³-hybridized carbons (Fsp3) is 0.467. The molecule has 0 saturated carbocycles. The molecule has 0 heterocycles. The third kappa shape index (κ3) is 6.87. The lowest BCUT2D eigenvalue weighted by molar-refractivity contribution is -0.119. The van der Waals surface area contributed by atoms with Crippen molar-refractivity contribution in [1.29, 1.82) is 0 Å². The Hall–Kier alpha value is -1.80. The highest BCUT2D eigenvalue weighted by atomic mass is 79.9. The second-order valence-corrected chi connectivity index (χ2v) is 6.79. The number of rotatable bonds is 5. The highest BCUT2D eigenvalue weighted by Crippen LogP contribution is 2.23. The van der Waals surface area contributed by atoms with Crippen LogP contribution in [0.1, 0.15) is 20.8 Å². The number of anilines is 2. The molecule has 0 bridgehead atoms. The number of hydrogen-bond acceptors (Lipinski definition) is 5. The van der Waals surface area contributed by atoms with Crippen LogP contribution in [0.15, 0.2) is 22.7 Å². The predicted octanol–water partition coefficient (Wildman–Crippen LogP) is 2.51. The van der Waals surface area contributed by atoms with Gasteiger partial charge in [0.05, 0.1) is 18.0 Å². The second kappa shape index (κ2) is 8.16. The fourth-order valence-corrected chi connectivity index (χ4v) is 2.02. The van der Waals surface area contributed by atoms with E-state index >= 15 is 0 Å². The quantitative estimate of drug-likeness (QED) is 0.673. The SMILES string of the molecule is COC[C@H](NC(=O)OC(C)(C)C)C(=O)Nc1cc(Br)ccc1N. The molecule has 23 heavy (non-hydrogen) atoms. The molecule has 0 spiro atoms. The fourth-order valence-electron chi connectivity index (χ4n) is 1.66. The molecule has 0 aliphatic rings. The molecule has 7 nitrogen and oxygen atoms in total. The molecule has 2 amide bonds. The van der Waals surface area contributed by atoms with Crippen LogP contribution in [0.25, 0.3) is 0 Å². The molecule has 128 valence electrons. The molecule has 0 aliphatic heterocycles. The summed E-state index contributed by atoms with van der Waals surface area (Å²) >= 11 is 3.31. The van der Waals surface area contributed by atoms with Crippen LogP contribution in [0.4, 0.5) is 16.2 Å². The van der Waals surface area contributed by atoms with E-state index in [2.05, 4.69) is 26.6 Å². The van der Waals surface area contributed by atoms with Gasteiger partial charge >= 0.3 is 6.09 Å². The van der Waals surface area contributed by atoms with Crippen molar-refractivity contribution in [2.45, 2.75) is 32.4 Å². The molecule has 1 atom stereocenters. The van der Waals surface area contributed by atoms with Crippen molar-refractivity contribution in [2.24, 2.45) is 0 Å². The van der Waals surface area contributed by atoms with E-state index in [9.17, 15) is 9.59 Å². The summed E-state index contributed by atoms with van der Waals surface area (Å²) in [4.78, 5) is 24.2. The van der Waals surface area contributed by atoms with Crippen molar-refractivity contribution in [3.8, 4) is 0 Å². The monoisotopic (exact) mass is 387 g/mol.